The minimum Gasteiger partial charge on any atom is -0.497 e. The van der Waals surface area contributed by atoms with E-state index in [1.807, 2.05) is 12.1 Å². The van der Waals surface area contributed by atoms with Crippen molar-refractivity contribution in [2.24, 2.45) is 0 Å². The number of benzene rings is 2. The van der Waals surface area contributed by atoms with E-state index in [2.05, 4.69) is 0 Å². The minimum atomic E-state index is -1.04. The molecule has 0 atom stereocenters. The molecule has 0 saturated carbocycles. The predicted octanol–water partition coefficient (Wildman–Crippen LogP) is 3.63. The first-order chi connectivity index (χ1) is 9.60. The summed E-state index contributed by atoms with van der Waals surface area (Å²) in [6, 6.07) is 11.7. The standard InChI is InChI=1S/C15H13ClO4/c1-19-12-6-7-13(15(17)18)14(8-12)20-9-10-2-4-11(16)5-3-10/h2-8H,9H2,1H3,(H,17,18). The summed E-state index contributed by atoms with van der Waals surface area (Å²) in [4.78, 5) is 11.1. The molecule has 0 aliphatic rings. The largest absolute Gasteiger partial charge is 0.497 e. The maximum Gasteiger partial charge on any atom is 0.339 e. The van der Waals surface area contributed by atoms with Crippen LogP contribution in [0.2, 0.25) is 5.02 Å². The lowest BCUT2D eigenvalue weighted by Crippen LogP contribution is -2.03. The number of aromatic carboxylic acids is 1. The molecule has 0 heterocycles. The Balaban J connectivity index is 2.18. The first-order valence-corrected chi connectivity index (χ1v) is 6.26. The maximum atomic E-state index is 11.1. The van der Waals surface area contributed by atoms with Gasteiger partial charge in [-0.05, 0) is 29.8 Å². The summed E-state index contributed by atoms with van der Waals surface area (Å²) in [5, 5.41) is 9.76. The SMILES string of the molecule is COc1ccc(C(=O)O)c(OCc2ccc(Cl)cc2)c1. The smallest absolute Gasteiger partial charge is 0.339 e. The molecule has 0 unspecified atom stereocenters. The van der Waals surface area contributed by atoms with Crippen LogP contribution in [-0.4, -0.2) is 18.2 Å². The number of ether oxygens (including phenoxy) is 2. The number of carboxylic acid groups (broad SMARTS) is 1. The molecule has 2 aromatic carbocycles. The van der Waals surface area contributed by atoms with Crippen molar-refractivity contribution in [1.82, 2.24) is 0 Å². The molecule has 20 heavy (non-hydrogen) atoms. The van der Waals surface area contributed by atoms with Gasteiger partial charge in [0, 0.05) is 11.1 Å². The topological polar surface area (TPSA) is 55.8 Å². The fraction of sp³-hybridized carbons (Fsp3) is 0.133. The van der Waals surface area contributed by atoms with Gasteiger partial charge in [0.2, 0.25) is 0 Å². The van der Waals surface area contributed by atoms with Crippen molar-refractivity contribution in [3.8, 4) is 11.5 Å². The minimum absolute atomic E-state index is 0.0970. The highest BCUT2D eigenvalue weighted by Crippen LogP contribution is 2.26. The fourth-order valence-electron chi connectivity index (χ4n) is 1.67. The number of carboxylic acids is 1. The predicted molar refractivity (Wildman–Crippen MR) is 75.7 cm³/mol. The molecule has 2 rings (SSSR count). The third-order valence-electron chi connectivity index (χ3n) is 2.73. The van der Waals surface area contributed by atoms with Crippen LogP contribution in [0.4, 0.5) is 0 Å². The van der Waals surface area contributed by atoms with Crippen molar-refractivity contribution in [2.75, 3.05) is 7.11 Å². The van der Waals surface area contributed by atoms with Gasteiger partial charge < -0.3 is 14.6 Å². The van der Waals surface area contributed by atoms with Gasteiger partial charge in [0.15, 0.2) is 0 Å². The van der Waals surface area contributed by atoms with Gasteiger partial charge in [-0.2, -0.15) is 0 Å². The van der Waals surface area contributed by atoms with Crippen molar-refractivity contribution in [2.45, 2.75) is 6.61 Å². The zero-order valence-electron chi connectivity index (χ0n) is 10.8. The van der Waals surface area contributed by atoms with Gasteiger partial charge in [0.25, 0.3) is 0 Å². The van der Waals surface area contributed by atoms with Crippen LogP contribution in [0.15, 0.2) is 42.5 Å². The highest BCUT2D eigenvalue weighted by atomic mass is 35.5. The van der Waals surface area contributed by atoms with Crippen LogP contribution in [0.3, 0.4) is 0 Å². The molecule has 0 bridgehead atoms. The van der Waals surface area contributed by atoms with Crippen molar-refractivity contribution >= 4 is 17.6 Å². The van der Waals surface area contributed by atoms with Crippen LogP contribution in [-0.2, 0) is 6.61 Å². The lowest BCUT2D eigenvalue weighted by Gasteiger charge is -2.11. The zero-order chi connectivity index (χ0) is 14.5. The number of carbonyl (C=O) groups is 1. The Bertz CT molecular complexity index is 608. The summed E-state index contributed by atoms with van der Waals surface area (Å²) in [7, 11) is 1.51. The molecule has 0 aliphatic heterocycles. The molecule has 0 spiro atoms. The van der Waals surface area contributed by atoms with Crippen LogP contribution in [0.25, 0.3) is 0 Å². The van der Waals surface area contributed by atoms with Crippen molar-refractivity contribution < 1.29 is 19.4 Å². The third-order valence-corrected chi connectivity index (χ3v) is 2.98. The second-order valence-corrected chi connectivity index (χ2v) is 4.52. The molecule has 104 valence electrons. The fourth-order valence-corrected chi connectivity index (χ4v) is 1.79. The first-order valence-electron chi connectivity index (χ1n) is 5.88. The Kier molecular flexibility index (Phi) is 4.48. The molecule has 0 radical (unpaired) electrons. The summed E-state index contributed by atoms with van der Waals surface area (Å²) in [5.74, 6) is -0.230. The van der Waals surface area contributed by atoms with Crippen LogP contribution < -0.4 is 9.47 Å². The number of hydrogen-bond acceptors (Lipinski definition) is 3. The quantitative estimate of drug-likeness (QED) is 0.914. The Morgan fingerprint density at radius 3 is 2.50 bits per heavy atom. The summed E-state index contributed by atoms with van der Waals surface area (Å²) in [6.07, 6.45) is 0. The van der Waals surface area contributed by atoms with E-state index >= 15 is 0 Å². The third kappa shape index (κ3) is 3.42. The Hall–Kier alpha value is -2.20. The molecule has 2 aromatic rings. The molecule has 4 nitrogen and oxygen atoms in total. The Labute approximate surface area is 121 Å². The van der Waals surface area contributed by atoms with Crippen molar-refractivity contribution in [3.05, 3.63) is 58.6 Å². The van der Waals surface area contributed by atoms with Crippen molar-refractivity contribution in [3.63, 3.8) is 0 Å². The normalized spacial score (nSPS) is 10.1. The molecule has 0 amide bonds. The number of rotatable bonds is 5. The monoisotopic (exact) mass is 292 g/mol. The van der Waals surface area contributed by atoms with Crippen LogP contribution in [0.5, 0.6) is 11.5 Å². The van der Waals surface area contributed by atoms with Gasteiger partial charge in [0.05, 0.1) is 7.11 Å². The molecule has 1 N–H and O–H groups in total. The van der Waals surface area contributed by atoms with E-state index in [1.54, 1.807) is 24.3 Å². The van der Waals surface area contributed by atoms with E-state index in [1.165, 1.54) is 13.2 Å². The lowest BCUT2D eigenvalue weighted by molar-refractivity contribution is 0.0691. The lowest BCUT2D eigenvalue weighted by atomic mass is 10.2. The average Bonchev–Trinajstić information content (AvgIpc) is 2.46. The summed E-state index contributed by atoms with van der Waals surface area (Å²) in [6.45, 7) is 0.255. The average molecular weight is 293 g/mol. The first kappa shape index (κ1) is 14.2. The Morgan fingerprint density at radius 2 is 1.90 bits per heavy atom. The molecule has 0 aromatic heterocycles. The maximum absolute atomic E-state index is 11.1. The van der Waals surface area contributed by atoms with Gasteiger partial charge >= 0.3 is 5.97 Å². The molecular weight excluding hydrogens is 280 g/mol. The summed E-state index contributed by atoms with van der Waals surface area (Å²) in [5.41, 5.74) is 0.994. The molecule has 0 fully saturated rings. The number of halogens is 1. The van der Waals surface area contributed by atoms with Crippen LogP contribution in [0.1, 0.15) is 15.9 Å². The Morgan fingerprint density at radius 1 is 1.20 bits per heavy atom. The van der Waals surface area contributed by atoms with E-state index in [0.29, 0.717) is 10.8 Å². The highest BCUT2D eigenvalue weighted by Gasteiger charge is 2.12. The van der Waals surface area contributed by atoms with Gasteiger partial charge in [-0.1, -0.05) is 23.7 Å². The molecule has 0 saturated heterocycles. The summed E-state index contributed by atoms with van der Waals surface area (Å²) >= 11 is 5.80. The summed E-state index contributed by atoms with van der Waals surface area (Å²) < 4.78 is 10.6. The second-order valence-electron chi connectivity index (χ2n) is 4.08. The van der Waals surface area contributed by atoms with E-state index in [-0.39, 0.29) is 17.9 Å². The van der Waals surface area contributed by atoms with E-state index in [9.17, 15) is 4.79 Å². The molecule has 0 aliphatic carbocycles. The molecular formula is C15H13ClO4. The van der Waals surface area contributed by atoms with Gasteiger partial charge in [-0.15, -0.1) is 0 Å². The van der Waals surface area contributed by atoms with Crippen LogP contribution in [0, 0.1) is 0 Å². The number of methoxy groups -OCH3 is 1. The second kappa shape index (κ2) is 6.30. The van der Waals surface area contributed by atoms with E-state index in [0.717, 1.165) is 5.56 Å². The zero-order valence-corrected chi connectivity index (χ0v) is 11.6. The van der Waals surface area contributed by atoms with E-state index in [4.69, 9.17) is 26.2 Å². The highest BCUT2D eigenvalue weighted by molar-refractivity contribution is 6.30. The number of hydrogen-bond donors (Lipinski definition) is 1. The van der Waals surface area contributed by atoms with Gasteiger partial charge in [0.1, 0.15) is 23.7 Å². The molecule has 5 heteroatoms. The van der Waals surface area contributed by atoms with Crippen LogP contribution >= 0.6 is 11.6 Å². The van der Waals surface area contributed by atoms with Crippen molar-refractivity contribution in [1.29, 1.82) is 0 Å². The van der Waals surface area contributed by atoms with Gasteiger partial charge in [-0.25, -0.2) is 4.79 Å². The van der Waals surface area contributed by atoms with Gasteiger partial charge in [-0.3, -0.25) is 0 Å². The van der Waals surface area contributed by atoms with E-state index < -0.39 is 5.97 Å².